The molecular weight excluding hydrogens is 278 g/mol. The summed E-state index contributed by atoms with van der Waals surface area (Å²) in [4.78, 5) is 27.9. The molecule has 2 rings (SSSR count). The minimum absolute atomic E-state index is 0.152. The minimum atomic E-state index is -0.238. The van der Waals surface area contributed by atoms with Gasteiger partial charge in [-0.15, -0.1) is 11.3 Å². The second kappa shape index (κ2) is 6.80. The molecular formula is C12H15N5O2S. The standard InChI is InChI=1S/C12H15N5O2S/c1-8(11-14-7-15-17-11)16-10(18)4-5-13-12(19)9-3-2-6-20-9/h2-3,6-8H,4-5H2,1H3,(H,13,19)(H,16,18)(H,14,15,17). The first-order valence-corrected chi connectivity index (χ1v) is 7.01. The van der Waals surface area contributed by atoms with Gasteiger partial charge in [0.1, 0.15) is 12.2 Å². The highest BCUT2D eigenvalue weighted by molar-refractivity contribution is 7.12. The monoisotopic (exact) mass is 293 g/mol. The van der Waals surface area contributed by atoms with Crippen LogP contribution in [-0.2, 0) is 4.79 Å². The van der Waals surface area contributed by atoms with Gasteiger partial charge in [-0.2, -0.15) is 5.10 Å². The van der Waals surface area contributed by atoms with Crippen molar-refractivity contribution in [1.82, 2.24) is 25.8 Å². The molecule has 0 saturated carbocycles. The average molecular weight is 293 g/mol. The van der Waals surface area contributed by atoms with E-state index in [0.717, 1.165) is 0 Å². The van der Waals surface area contributed by atoms with Crippen molar-refractivity contribution in [3.63, 3.8) is 0 Å². The van der Waals surface area contributed by atoms with E-state index in [1.165, 1.54) is 17.7 Å². The fourth-order valence-electron chi connectivity index (χ4n) is 1.59. The number of carbonyl (C=O) groups excluding carboxylic acids is 2. The summed E-state index contributed by atoms with van der Waals surface area (Å²) in [5, 5.41) is 13.7. The molecule has 2 aromatic rings. The average Bonchev–Trinajstić information content (AvgIpc) is 3.12. The summed E-state index contributed by atoms with van der Waals surface area (Å²) in [5.41, 5.74) is 0. The molecule has 0 fully saturated rings. The van der Waals surface area contributed by atoms with Crippen LogP contribution in [0.5, 0.6) is 0 Å². The minimum Gasteiger partial charge on any atom is -0.351 e. The Bertz CT molecular complexity index is 552. The number of amides is 2. The largest absolute Gasteiger partial charge is 0.351 e. The van der Waals surface area contributed by atoms with Gasteiger partial charge in [-0.3, -0.25) is 14.7 Å². The highest BCUT2D eigenvalue weighted by Crippen LogP contribution is 2.07. The summed E-state index contributed by atoms with van der Waals surface area (Å²) in [5.74, 6) is 0.289. The Morgan fingerprint density at radius 3 is 3.00 bits per heavy atom. The first-order valence-electron chi connectivity index (χ1n) is 6.13. The van der Waals surface area contributed by atoms with E-state index in [-0.39, 0.29) is 24.3 Å². The van der Waals surface area contributed by atoms with Crippen LogP contribution in [0.4, 0.5) is 0 Å². The van der Waals surface area contributed by atoms with Crippen LogP contribution in [0, 0.1) is 0 Å². The van der Waals surface area contributed by atoms with Gasteiger partial charge >= 0.3 is 0 Å². The smallest absolute Gasteiger partial charge is 0.261 e. The van der Waals surface area contributed by atoms with E-state index in [0.29, 0.717) is 17.2 Å². The first-order chi connectivity index (χ1) is 9.66. The number of rotatable bonds is 6. The maximum absolute atomic E-state index is 11.7. The summed E-state index contributed by atoms with van der Waals surface area (Å²) in [6.45, 7) is 2.11. The number of hydrogen-bond acceptors (Lipinski definition) is 5. The van der Waals surface area contributed by atoms with Gasteiger partial charge in [-0.1, -0.05) is 6.07 Å². The molecule has 1 atom stereocenters. The van der Waals surface area contributed by atoms with E-state index in [1.807, 2.05) is 18.4 Å². The number of thiophene rings is 1. The Kier molecular flexibility index (Phi) is 4.83. The Balaban J connectivity index is 1.69. The van der Waals surface area contributed by atoms with Gasteiger partial charge in [0.05, 0.1) is 10.9 Å². The zero-order valence-corrected chi connectivity index (χ0v) is 11.7. The lowest BCUT2D eigenvalue weighted by Gasteiger charge is -2.11. The van der Waals surface area contributed by atoms with Crippen molar-refractivity contribution >= 4 is 23.2 Å². The summed E-state index contributed by atoms with van der Waals surface area (Å²) in [7, 11) is 0. The van der Waals surface area contributed by atoms with Crippen LogP contribution in [0.25, 0.3) is 0 Å². The van der Waals surface area contributed by atoms with Crippen molar-refractivity contribution in [3.05, 3.63) is 34.5 Å². The number of H-pyrrole nitrogens is 1. The second-order valence-electron chi connectivity index (χ2n) is 4.14. The summed E-state index contributed by atoms with van der Waals surface area (Å²) in [6.07, 6.45) is 1.61. The Hall–Kier alpha value is -2.22. The molecule has 1 unspecified atom stereocenters. The quantitative estimate of drug-likeness (QED) is 0.735. The molecule has 2 heterocycles. The molecule has 0 aliphatic heterocycles. The lowest BCUT2D eigenvalue weighted by molar-refractivity contribution is -0.121. The molecule has 0 bridgehead atoms. The molecule has 0 aromatic carbocycles. The molecule has 7 nitrogen and oxygen atoms in total. The lowest BCUT2D eigenvalue weighted by Crippen LogP contribution is -2.32. The lowest BCUT2D eigenvalue weighted by atomic mass is 10.3. The molecule has 0 spiro atoms. The van der Waals surface area contributed by atoms with Crippen LogP contribution < -0.4 is 10.6 Å². The van der Waals surface area contributed by atoms with Crippen molar-refractivity contribution in [1.29, 1.82) is 0 Å². The SMILES string of the molecule is CC(NC(=O)CCNC(=O)c1cccs1)c1ncn[nH]1. The predicted molar refractivity (Wildman–Crippen MR) is 74.2 cm³/mol. The van der Waals surface area contributed by atoms with Gasteiger partial charge in [0.2, 0.25) is 5.91 Å². The van der Waals surface area contributed by atoms with Crippen molar-refractivity contribution < 1.29 is 9.59 Å². The molecule has 8 heteroatoms. The Labute approximate surface area is 119 Å². The van der Waals surface area contributed by atoms with Crippen LogP contribution >= 0.6 is 11.3 Å². The molecule has 0 radical (unpaired) electrons. The third kappa shape index (κ3) is 3.89. The molecule has 2 amide bonds. The van der Waals surface area contributed by atoms with Crippen LogP contribution in [0.3, 0.4) is 0 Å². The number of carbonyl (C=O) groups is 2. The van der Waals surface area contributed by atoms with Gasteiger partial charge in [-0.25, -0.2) is 4.98 Å². The highest BCUT2D eigenvalue weighted by Gasteiger charge is 2.12. The van der Waals surface area contributed by atoms with Crippen LogP contribution in [0.2, 0.25) is 0 Å². The summed E-state index contributed by atoms with van der Waals surface area (Å²) < 4.78 is 0. The van der Waals surface area contributed by atoms with E-state index in [4.69, 9.17) is 0 Å². The third-order valence-electron chi connectivity index (χ3n) is 2.60. The molecule has 0 saturated heterocycles. The first kappa shape index (κ1) is 14.2. The second-order valence-corrected chi connectivity index (χ2v) is 5.09. The van der Waals surface area contributed by atoms with Crippen LogP contribution in [0.1, 0.15) is 34.9 Å². The number of nitrogens with zero attached hydrogens (tertiary/aromatic N) is 2. The molecule has 106 valence electrons. The van der Waals surface area contributed by atoms with E-state index in [1.54, 1.807) is 6.07 Å². The van der Waals surface area contributed by atoms with Crippen molar-refractivity contribution in [3.8, 4) is 0 Å². The Morgan fingerprint density at radius 2 is 2.35 bits per heavy atom. The number of nitrogens with one attached hydrogen (secondary N) is 3. The highest BCUT2D eigenvalue weighted by atomic mass is 32.1. The van der Waals surface area contributed by atoms with Crippen molar-refractivity contribution in [2.75, 3.05) is 6.54 Å². The topological polar surface area (TPSA) is 99.8 Å². The third-order valence-corrected chi connectivity index (χ3v) is 3.47. The van der Waals surface area contributed by atoms with Gasteiger partial charge in [0.25, 0.3) is 5.91 Å². The molecule has 20 heavy (non-hydrogen) atoms. The van der Waals surface area contributed by atoms with E-state index < -0.39 is 0 Å². The zero-order valence-electron chi connectivity index (χ0n) is 10.9. The van der Waals surface area contributed by atoms with Crippen molar-refractivity contribution in [2.24, 2.45) is 0 Å². The van der Waals surface area contributed by atoms with Crippen LogP contribution in [0.15, 0.2) is 23.8 Å². The number of aromatic nitrogens is 3. The van der Waals surface area contributed by atoms with Gasteiger partial charge in [0, 0.05) is 13.0 Å². The molecule has 3 N–H and O–H groups in total. The molecule has 0 aliphatic rings. The fraction of sp³-hybridized carbons (Fsp3) is 0.333. The molecule has 2 aromatic heterocycles. The predicted octanol–water partition coefficient (Wildman–Crippen LogP) is 0.863. The van der Waals surface area contributed by atoms with E-state index >= 15 is 0 Å². The fourth-order valence-corrected chi connectivity index (χ4v) is 2.23. The maximum Gasteiger partial charge on any atom is 0.261 e. The number of hydrogen-bond donors (Lipinski definition) is 3. The normalized spacial score (nSPS) is 11.8. The van der Waals surface area contributed by atoms with Crippen molar-refractivity contribution in [2.45, 2.75) is 19.4 Å². The van der Waals surface area contributed by atoms with Gasteiger partial charge < -0.3 is 10.6 Å². The molecule has 0 aliphatic carbocycles. The number of aromatic amines is 1. The van der Waals surface area contributed by atoms with E-state index in [9.17, 15) is 9.59 Å². The van der Waals surface area contributed by atoms with Crippen LogP contribution in [-0.4, -0.2) is 33.5 Å². The summed E-state index contributed by atoms with van der Waals surface area (Å²) >= 11 is 1.37. The Morgan fingerprint density at radius 1 is 1.50 bits per heavy atom. The maximum atomic E-state index is 11.7. The van der Waals surface area contributed by atoms with Gasteiger partial charge in [-0.05, 0) is 18.4 Å². The summed E-state index contributed by atoms with van der Waals surface area (Å²) in [6, 6.07) is 3.32. The van der Waals surface area contributed by atoms with Gasteiger partial charge in [0.15, 0.2) is 0 Å². The van der Waals surface area contributed by atoms with E-state index in [2.05, 4.69) is 25.8 Å². The zero-order chi connectivity index (χ0) is 14.4.